The minimum absolute atomic E-state index is 0.0549. The average molecular weight is 443 g/mol. The molecule has 1 heterocycles. The van der Waals surface area contributed by atoms with Crippen LogP contribution in [0.4, 0.5) is 0 Å². The molecule has 0 unspecified atom stereocenters. The number of thiazole rings is 1. The molecule has 1 aromatic carbocycles. The van der Waals surface area contributed by atoms with Crippen molar-refractivity contribution in [3.63, 3.8) is 0 Å². The van der Waals surface area contributed by atoms with Gasteiger partial charge in [0.2, 0.25) is 0 Å². The van der Waals surface area contributed by atoms with E-state index in [1.54, 1.807) is 5.38 Å². The molecular weight excluding hydrogens is 408 g/mol. The predicted octanol–water partition coefficient (Wildman–Crippen LogP) is 6.03. The van der Waals surface area contributed by atoms with Crippen LogP contribution in [0.1, 0.15) is 96.1 Å². The van der Waals surface area contributed by atoms with Gasteiger partial charge in [-0.2, -0.15) is 0 Å². The van der Waals surface area contributed by atoms with Crippen molar-refractivity contribution in [3.05, 3.63) is 51.5 Å². The van der Waals surface area contributed by atoms with E-state index in [1.165, 1.54) is 56.1 Å². The largest absolute Gasteiger partial charge is 0.464 e. The smallest absolute Gasteiger partial charge is 0.357 e. The highest BCUT2D eigenvalue weighted by molar-refractivity contribution is 7.09. The van der Waals surface area contributed by atoms with Crippen LogP contribution in [0.2, 0.25) is 0 Å². The van der Waals surface area contributed by atoms with Crippen LogP contribution in [0.15, 0.2) is 29.6 Å². The topological polar surface area (TPSA) is 59.5 Å². The number of methoxy groups -OCH3 is 1. The SMILES string of the molecule is CCCCCCc1ccc(C(=O)N(Cc2nc(C(=O)OC)cs2)C2CCCCC2)cc1. The fraction of sp³-hybridized carbons (Fsp3) is 0.560. The number of nitrogens with zero attached hydrogens (tertiary/aromatic N) is 2. The first-order chi connectivity index (χ1) is 15.1. The number of esters is 1. The summed E-state index contributed by atoms with van der Waals surface area (Å²) in [6, 6.07) is 8.35. The second-order valence-electron chi connectivity index (χ2n) is 8.35. The molecule has 0 radical (unpaired) electrons. The van der Waals surface area contributed by atoms with Crippen molar-refractivity contribution in [1.82, 2.24) is 9.88 Å². The van der Waals surface area contributed by atoms with Crippen LogP contribution in [0.3, 0.4) is 0 Å². The van der Waals surface area contributed by atoms with Gasteiger partial charge in [-0.3, -0.25) is 4.79 Å². The number of ether oxygens (including phenoxy) is 1. The Labute approximate surface area is 189 Å². The second-order valence-corrected chi connectivity index (χ2v) is 9.29. The molecule has 0 spiro atoms. The lowest BCUT2D eigenvalue weighted by Gasteiger charge is -2.34. The molecule has 1 amide bonds. The fourth-order valence-electron chi connectivity index (χ4n) is 4.22. The van der Waals surface area contributed by atoms with E-state index in [4.69, 9.17) is 4.74 Å². The summed E-state index contributed by atoms with van der Waals surface area (Å²) < 4.78 is 4.76. The van der Waals surface area contributed by atoms with Gasteiger partial charge in [-0.25, -0.2) is 9.78 Å². The van der Waals surface area contributed by atoms with Gasteiger partial charge in [0.05, 0.1) is 13.7 Å². The maximum absolute atomic E-state index is 13.5. The van der Waals surface area contributed by atoms with E-state index in [0.29, 0.717) is 12.2 Å². The van der Waals surface area contributed by atoms with Crippen molar-refractivity contribution in [2.24, 2.45) is 0 Å². The summed E-state index contributed by atoms with van der Waals surface area (Å²) in [5.41, 5.74) is 2.33. The molecule has 0 saturated heterocycles. The zero-order valence-electron chi connectivity index (χ0n) is 18.8. The predicted molar refractivity (Wildman–Crippen MR) is 124 cm³/mol. The maximum atomic E-state index is 13.5. The van der Waals surface area contributed by atoms with Gasteiger partial charge in [-0.15, -0.1) is 11.3 Å². The summed E-state index contributed by atoms with van der Waals surface area (Å²) in [5, 5.41) is 2.48. The van der Waals surface area contributed by atoms with Crippen LogP contribution in [-0.4, -0.2) is 34.9 Å². The summed E-state index contributed by atoms with van der Waals surface area (Å²) >= 11 is 1.41. The Kier molecular flexibility index (Phi) is 9.07. The molecule has 1 aliphatic carbocycles. The first kappa shape index (κ1) is 23.5. The second kappa shape index (κ2) is 12.0. The Balaban J connectivity index is 1.71. The maximum Gasteiger partial charge on any atom is 0.357 e. The number of aryl methyl sites for hydroxylation is 1. The highest BCUT2D eigenvalue weighted by atomic mass is 32.1. The highest BCUT2D eigenvalue weighted by Gasteiger charge is 2.27. The first-order valence-electron chi connectivity index (χ1n) is 11.5. The Morgan fingerprint density at radius 1 is 1.10 bits per heavy atom. The Hall–Kier alpha value is -2.21. The van der Waals surface area contributed by atoms with Gasteiger partial charge in [0, 0.05) is 17.0 Å². The highest BCUT2D eigenvalue weighted by Crippen LogP contribution is 2.27. The number of benzene rings is 1. The summed E-state index contributed by atoms with van der Waals surface area (Å²) in [6.45, 7) is 2.66. The number of amides is 1. The van der Waals surface area contributed by atoms with Gasteiger partial charge >= 0.3 is 5.97 Å². The molecule has 0 bridgehead atoms. The van der Waals surface area contributed by atoms with E-state index in [1.807, 2.05) is 17.0 Å². The molecule has 168 valence electrons. The number of carbonyl (C=O) groups excluding carboxylic acids is 2. The van der Waals surface area contributed by atoms with Crippen molar-refractivity contribution < 1.29 is 14.3 Å². The standard InChI is InChI=1S/C25H34N2O3S/c1-3-4-5-7-10-19-13-15-20(16-14-19)24(28)27(21-11-8-6-9-12-21)17-23-26-22(18-31-23)25(29)30-2/h13-16,18,21H,3-12,17H2,1-2H3. The first-order valence-corrected chi connectivity index (χ1v) is 12.4. The molecule has 0 aliphatic heterocycles. The van der Waals surface area contributed by atoms with Crippen molar-refractivity contribution in [2.75, 3.05) is 7.11 Å². The van der Waals surface area contributed by atoms with Gasteiger partial charge in [-0.1, -0.05) is 57.6 Å². The summed E-state index contributed by atoms with van der Waals surface area (Å²) in [6.07, 6.45) is 11.6. The summed E-state index contributed by atoms with van der Waals surface area (Å²) in [7, 11) is 1.35. The third kappa shape index (κ3) is 6.63. The third-order valence-electron chi connectivity index (χ3n) is 6.05. The fourth-order valence-corrected chi connectivity index (χ4v) is 4.98. The minimum Gasteiger partial charge on any atom is -0.464 e. The van der Waals surface area contributed by atoms with E-state index < -0.39 is 5.97 Å². The minimum atomic E-state index is -0.437. The Morgan fingerprint density at radius 3 is 2.52 bits per heavy atom. The number of carbonyl (C=O) groups is 2. The molecule has 2 aromatic rings. The zero-order valence-corrected chi connectivity index (χ0v) is 19.6. The number of aromatic nitrogens is 1. The van der Waals surface area contributed by atoms with Crippen LogP contribution in [-0.2, 0) is 17.7 Å². The van der Waals surface area contributed by atoms with E-state index >= 15 is 0 Å². The molecule has 5 nitrogen and oxygen atoms in total. The van der Waals surface area contributed by atoms with Gasteiger partial charge < -0.3 is 9.64 Å². The molecular formula is C25H34N2O3S. The molecule has 0 N–H and O–H groups in total. The molecule has 1 aliphatic rings. The number of unbranched alkanes of at least 4 members (excludes halogenated alkanes) is 3. The van der Waals surface area contributed by atoms with Crippen LogP contribution in [0, 0.1) is 0 Å². The van der Waals surface area contributed by atoms with Gasteiger partial charge in [0.1, 0.15) is 5.01 Å². The third-order valence-corrected chi connectivity index (χ3v) is 6.88. The lowest BCUT2D eigenvalue weighted by molar-refractivity contribution is 0.0594. The van der Waals surface area contributed by atoms with Crippen molar-refractivity contribution >= 4 is 23.2 Å². The molecule has 6 heteroatoms. The van der Waals surface area contributed by atoms with Crippen molar-refractivity contribution in [2.45, 2.75) is 83.7 Å². The van der Waals surface area contributed by atoms with E-state index in [2.05, 4.69) is 24.0 Å². The summed E-state index contributed by atoms with van der Waals surface area (Å²) in [4.78, 5) is 31.6. The molecule has 3 rings (SSSR count). The quantitative estimate of drug-likeness (QED) is 0.333. The monoisotopic (exact) mass is 442 g/mol. The lowest BCUT2D eigenvalue weighted by atomic mass is 9.93. The van der Waals surface area contributed by atoms with E-state index in [0.717, 1.165) is 42.7 Å². The Bertz CT molecular complexity index is 841. The van der Waals surface area contributed by atoms with Crippen LogP contribution < -0.4 is 0 Å². The van der Waals surface area contributed by atoms with E-state index in [9.17, 15) is 9.59 Å². The molecule has 1 fully saturated rings. The molecule has 1 saturated carbocycles. The number of hydrogen-bond donors (Lipinski definition) is 0. The van der Waals surface area contributed by atoms with Crippen molar-refractivity contribution in [3.8, 4) is 0 Å². The van der Waals surface area contributed by atoms with Crippen LogP contribution >= 0.6 is 11.3 Å². The number of hydrogen-bond acceptors (Lipinski definition) is 5. The van der Waals surface area contributed by atoms with Crippen LogP contribution in [0.5, 0.6) is 0 Å². The molecule has 0 atom stereocenters. The zero-order chi connectivity index (χ0) is 22.1. The van der Waals surface area contributed by atoms with Crippen molar-refractivity contribution in [1.29, 1.82) is 0 Å². The molecule has 31 heavy (non-hydrogen) atoms. The van der Waals surface area contributed by atoms with Gasteiger partial charge in [0.25, 0.3) is 5.91 Å². The van der Waals surface area contributed by atoms with E-state index in [-0.39, 0.29) is 11.9 Å². The van der Waals surface area contributed by atoms with Gasteiger partial charge in [0.15, 0.2) is 5.69 Å². The summed E-state index contributed by atoms with van der Waals surface area (Å²) in [5.74, 6) is -0.383. The Morgan fingerprint density at radius 2 is 1.84 bits per heavy atom. The lowest BCUT2D eigenvalue weighted by Crippen LogP contribution is -2.41. The van der Waals surface area contributed by atoms with Crippen LogP contribution in [0.25, 0.3) is 0 Å². The van der Waals surface area contributed by atoms with Gasteiger partial charge in [-0.05, 0) is 43.4 Å². The number of rotatable bonds is 10. The molecule has 1 aromatic heterocycles. The average Bonchev–Trinajstić information content (AvgIpc) is 3.29. The normalized spacial score (nSPS) is 14.4.